The van der Waals surface area contributed by atoms with Gasteiger partial charge in [0.2, 0.25) is 11.8 Å². The highest BCUT2D eigenvalue weighted by Gasteiger charge is 2.40. The number of hydrogen-bond acceptors (Lipinski definition) is 5. The molecule has 28 heavy (non-hydrogen) atoms. The zero-order valence-electron chi connectivity index (χ0n) is 16.8. The van der Waals surface area contributed by atoms with Crippen LogP contribution in [-0.4, -0.2) is 50.5 Å². The minimum absolute atomic E-state index is 0.0891. The molecule has 0 saturated heterocycles. The molecule has 0 spiro atoms. The summed E-state index contributed by atoms with van der Waals surface area (Å²) in [5.74, 6) is -3.22. The third-order valence-corrected chi connectivity index (χ3v) is 4.06. The molecule has 0 fully saturated rings. The Kier molecular flexibility index (Phi) is 6.45. The zero-order chi connectivity index (χ0) is 21.9. The van der Waals surface area contributed by atoms with Crippen molar-refractivity contribution in [3.05, 3.63) is 29.8 Å². The van der Waals surface area contributed by atoms with Gasteiger partial charge in [0.25, 0.3) is 5.91 Å². The van der Waals surface area contributed by atoms with Crippen LogP contribution in [0.4, 0.5) is 0 Å². The van der Waals surface area contributed by atoms with Gasteiger partial charge in [0.15, 0.2) is 0 Å². The van der Waals surface area contributed by atoms with Crippen LogP contribution in [0.2, 0.25) is 0 Å². The second-order valence-corrected chi connectivity index (χ2v) is 8.09. The van der Waals surface area contributed by atoms with Crippen molar-refractivity contribution in [3.8, 4) is 5.75 Å². The van der Waals surface area contributed by atoms with E-state index in [9.17, 15) is 24.3 Å². The number of aromatic hydroxyl groups is 1. The fourth-order valence-electron chi connectivity index (χ4n) is 2.05. The summed E-state index contributed by atoms with van der Waals surface area (Å²) in [6.45, 7) is 8.40. The van der Waals surface area contributed by atoms with Gasteiger partial charge in [0.1, 0.15) is 22.4 Å². The van der Waals surface area contributed by atoms with Crippen molar-refractivity contribution in [3.63, 3.8) is 0 Å². The lowest BCUT2D eigenvalue weighted by Gasteiger charge is -2.33. The van der Waals surface area contributed by atoms with Crippen molar-refractivity contribution < 1.29 is 29.4 Å². The number of nitrogens with one attached hydrogen (secondary N) is 3. The SMILES string of the molecule is CC(C)(NC(=O)C(C)(C)NC(=O)C(C)(C)NC(=O)c1cccc(O)c1)C(=O)O. The lowest BCUT2D eigenvalue weighted by molar-refractivity contribution is -0.147. The molecule has 3 amide bonds. The molecule has 1 rings (SSSR count). The maximum Gasteiger partial charge on any atom is 0.328 e. The molecule has 9 nitrogen and oxygen atoms in total. The summed E-state index contributed by atoms with van der Waals surface area (Å²) in [6.07, 6.45) is 0. The minimum atomic E-state index is -1.52. The molecular weight excluding hydrogens is 366 g/mol. The van der Waals surface area contributed by atoms with Crippen LogP contribution < -0.4 is 16.0 Å². The van der Waals surface area contributed by atoms with Gasteiger partial charge in [-0.15, -0.1) is 0 Å². The van der Waals surface area contributed by atoms with Crippen LogP contribution in [0.1, 0.15) is 51.9 Å². The van der Waals surface area contributed by atoms with E-state index in [-0.39, 0.29) is 11.3 Å². The van der Waals surface area contributed by atoms with Crippen LogP contribution in [0.15, 0.2) is 24.3 Å². The summed E-state index contributed by atoms with van der Waals surface area (Å²) in [5, 5.41) is 26.0. The van der Waals surface area contributed by atoms with E-state index in [1.807, 2.05) is 0 Å². The van der Waals surface area contributed by atoms with E-state index >= 15 is 0 Å². The van der Waals surface area contributed by atoms with E-state index in [0.29, 0.717) is 0 Å². The largest absolute Gasteiger partial charge is 0.508 e. The van der Waals surface area contributed by atoms with Crippen molar-refractivity contribution in [2.75, 3.05) is 0 Å². The third-order valence-electron chi connectivity index (χ3n) is 4.06. The molecule has 0 bridgehead atoms. The lowest BCUT2D eigenvalue weighted by Crippen LogP contribution is -2.65. The lowest BCUT2D eigenvalue weighted by atomic mass is 9.96. The Morgan fingerprint density at radius 1 is 0.786 bits per heavy atom. The number of amides is 3. The Labute approximate surface area is 163 Å². The van der Waals surface area contributed by atoms with Crippen molar-refractivity contribution in [1.29, 1.82) is 0 Å². The highest BCUT2D eigenvalue weighted by Crippen LogP contribution is 2.14. The normalized spacial score (nSPS) is 12.1. The topological polar surface area (TPSA) is 145 Å². The highest BCUT2D eigenvalue weighted by molar-refractivity contribution is 6.01. The molecule has 1 aromatic carbocycles. The second kappa shape index (κ2) is 7.87. The molecule has 154 valence electrons. The summed E-state index contributed by atoms with van der Waals surface area (Å²) in [5.41, 5.74) is -4.17. The summed E-state index contributed by atoms with van der Waals surface area (Å²) in [4.78, 5) is 48.6. The van der Waals surface area contributed by atoms with Gasteiger partial charge in [-0.25, -0.2) is 4.79 Å². The smallest absolute Gasteiger partial charge is 0.328 e. The number of benzene rings is 1. The number of phenolic OH excluding ortho intramolecular Hbond substituents is 1. The average Bonchev–Trinajstić information content (AvgIpc) is 2.53. The van der Waals surface area contributed by atoms with E-state index in [4.69, 9.17) is 5.11 Å². The van der Waals surface area contributed by atoms with Crippen LogP contribution >= 0.6 is 0 Å². The number of aliphatic carboxylic acids is 1. The predicted molar refractivity (Wildman–Crippen MR) is 102 cm³/mol. The van der Waals surface area contributed by atoms with Crippen molar-refractivity contribution in [2.45, 2.75) is 58.2 Å². The Bertz CT molecular complexity index is 799. The van der Waals surface area contributed by atoms with Crippen LogP contribution in [0.25, 0.3) is 0 Å². The summed E-state index contributed by atoms with van der Waals surface area (Å²) >= 11 is 0. The standard InChI is InChI=1S/C19H27N3O6/c1-17(2,20-13(24)11-8-7-9-12(23)10-11)14(25)21-18(3,4)15(26)22-19(5,6)16(27)28/h7-10,23H,1-6H3,(H,20,24)(H,21,25)(H,22,26)(H,27,28). The van der Waals surface area contributed by atoms with Crippen LogP contribution in [0.3, 0.4) is 0 Å². The van der Waals surface area contributed by atoms with Crippen molar-refractivity contribution in [1.82, 2.24) is 16.0 Å². The molecule has 0 atom stereocenters. The van der Waals surface area contributed by atoms with Gasteiger partial charge >= 0.3 is 5.97 Å². The van der Waals surface area contributed by atoms with Gasteiger partial charge < -0.3 is 26.2 Å². The van der Waals surface area contributed by atoms with Gasteiger partial charge in [-0.05, 0) is 59.7 Å². The first-order valence-electron chi connectivity index (χ1n) is 8.59. The fraction of sp³-hybridized carbons (Fsp3) is 0.474. The zero-order valence-corrected chi connectivity index (χ0v) is 16.8. The Morgan fingerprint density at radius 3 is 1.71 bits per heavy atom. The van der Waals surface area contributed by atoms with E-state index in [1.165, 1.54) is 65.8 Å². The maximum absolute atomic E-state index is 12.6. The summed E-state index contributed by atoms with van der Waals surface area (Å²) < 4.78 is 0. The first-order chi connectivity index (χ1) is 12.6. The monoisotopic (exact) mass is 393 g/mol. The molecule has 0 aliphatic rings. The Morgan fingerprint density at radius 2 is 1.25 bits per heavy atom. The Hall–Kier alpha value is -3.10. The molecule has 0 heterocycles. The molecule has 1 aromatic rings. The van der Waals surface area contributed by atoms with Gasteiger partial charge in [-0.1, -0.05) is 6.07 Å². The molecule has 9 heteroatoms. The molecule has 0 aromatic heterocycles. The first-order valence-corrected chi connectivity index (χ1v) is 8.59. The van der Waals surface area contributed by atoms with Crippen LogP contribution in [0, 0.1) is 0 Å². The summed E-state index contributed by atoms with van der Waals surface area (Å²) in [6, 6.07) is 5.65. The number of carbonyl (C=O) groups is 4. The van der Waals surface area contributed by atoms with E-state index in [1.54, 1.807) is 0 Å². The third kappa shape index (κ3) is 5.70. The molecule has 0 saturated carbocycles. The van der Waals surface area contributed by atoms with Gasteiger partial charge in [-0.2, -0.15) is 0 Å². The van der Waals surface area contributed by atoms with Crippen molar-refractivity contribution >= 4 is 23.7 Å². The number of phenols is 1. The number of carbonyl (C=O) groups excluding carboxylic acids is 3. The van der Waals surface area contributed by atoms with E-state index in [2.05, 4.69) is 16.0 Å². The fourth-order valence-corrected chi connectivity index (χ4v) is 2.05. The van der Waals surface area contributed by atoms with E-state index < -0.39 is 40.3 Å². The van der Waals surface area contributed by atoms with Crippen LogP contribution in [-0.2, 0) is 14.4 Å². The number of hydrogen-bond donors (Lipinski definition) is 5. The number of carboxylic acids is 1. The molecule has 5 N–H and O–H groups in total. The predicted octanol–water partition coefficient (Wildman–Crippen LogP) is 0.775. The average molecular weight is 393 g/mol. The van der Waals surface area contributed by atoms with Gasteiger partial charge in [-0.3, -0.25) is 14.4 Å². The molecule has 0 radical (unpaired) electrons. The van der Waals surface area contributed by atoms with Crippen molar-refractivity contribution in [2.24, 2.45) is 0 Å². The highest BCUT2D eigenvalue weighted by atomic mass is 16.4. The maximum atomic E-state index is 12.6. The minimum Gasteiger partial charge on any atom is -0.508 e. The molecule has 0 aliphatic carbocycles. The van der Waals surface area contributed by atoms with Crippen LogP contribution in [0.5, 0.6) is 5.75 Å². The second-order valence-electron chi connectivity index (χ2n) is 8.09. The molecule has 0 unspecified atom stereocenters. The molecule has 0 aliphatic heterocycles. The van der Waals surface area contributed by atoms with Gasteiger partial charge in [0.05, 0.1) is 0 Å². The summed E-state index contributed by atoms with van der Waals surface area (Å²) in [7, 11) is 0. The number of carboxylic acid groups (broad SMARTS) is 1. The van der Waals surface area contributed by atoms with Gasteiger partial charge in [0, 0.05) is 5.56 Å². The van der Waals surface area contributed by atoms with E-state index in [0.717, 1.165) is 0 Å². The number of rotatable bonds is 7. The first kappa shape index (κ1) is 22.9. The Balaban J connectivity index is 2.86. The molecular formula is C19H27N3O6. The quantitative estimate of drug-likeness (QED) is 0.463.